The minimum atomic E-state index is -0.193. The number of benzene rings is 2. The van der Waals surface area contributed by atoms with E-state index >= 15 is 0 Å². The molecule has 0 aliphatic heterocycles. The first-order valence-corrected chi connectivity index (χ1v) is 8.64. The predicted octanol–water partition coefficient (Wildman–Crippen LogP) is 2.33. The van der Waals surface area contributed by atoms with Crippen LogP contribution in [0, 0.1) is 0 Å². The molecule has 0 saturated carbocycles. The molecule has 0 atom stereocenters. The summed E-state index contributed by atoms with van der Waals surface area (Å²) in [5, 5.41) is 2.85. The van der Waals surface area contributed by atoms with Gasteiger partial charge in [-0.05, 0) is 24.3 Å². The number of aryl methyl sites for hydroxylation is 1. The third-order valence-corrected chi connectivity index (χ3v) is 4.28. The highest BCUT2D eigenvalue weighted by Crippen LogP contribution is 2.25. The van der Waals surface area contributed by atoms with E-state index in [-0.39, 0.29) is 12.5 Å². The lowest BCUT2D eigenvalue weighted by Gasteiger charge is -2.10. The maximum absolute atomic E-state index is 12.0. The van der Waals surface area contributed by atoms with Crippen LogP contribution in [0.1, 0.15) is 5.82 Å². The van der Waals surface area contributed by atoms with E-state index in [2.05, 4.69) is 10.3 Å². The monoisotopic (exact) mass is 369 g/mol. The molecule has 0 radical (unpaired) electrons. The molecule has 142 valence electrons. The molecule has 0 aliphatic rings. The zero-order valence-electron chi connectivity index (χ0n) is 15.7. The van der Waals surface area contributed by atoms with Crippen molar-refractivity contribution < 1.29 is 19.0 Å². The van der Waals surface area contributed by atoms with Gasteiger partial charge in [0.05, 0.1) is 25.3 Å². The van der Waals surface area contributed by atoms with Gasteiger partial charge in [-0.1, -0.05) is 12.1 Å². The van der Waals surface area contributed by atoms with Crippen LogP contribution < -0.4 is 19.5 Å². The van der Waals surface area contributed by atoms with Crippen molar-refractivity contribution in [1.29, 1.82) is 0 Å². The van der Waals surface area contributed by atoms with Crippen LogP contribution in [0.3, 0.4) is 0 Å². The SMILES string of the molecule is COc1ccc2c(c1)nc(CCNC(=O)COc1ccccc1OC)n2C. The molecule has 1 amide bonds. The van der Waals surface area contributed by atoms with E-state index in [0.717, 1.165) is 22.6 Å². The van der Waals surface area contributed by atoms with Crippen molar-refractivity contribution >= 4 is 16.9 Å². The quantitative estimate of drug-likeness (QED) is 0.660. The van der Waals surface area contributed by atoms with E-state index in [1.165, 1.54) is 0 Å². The number of nitrogens with zero attached hydrogens (tertiary/aromatic N) is 2. The van der Waals surface area contributed by atoms with Crippen LogP contribution in [0.25, 0.3) is 11.0 Å². The Morgan fingerprint density at radius 1 is 1.11 bits per heavy atom. The summed E-state index contributed by atoms with van der Waals surface area (Å²) in [6.45, 7) is 0.405. The fourth-order valence-electron chi connectivity index (χ4n) is 2.83. The Morgan fingerprint density at radius 3 is 2.63 bits per heavy atom. The molecular weight excluding hydrogens is 346 g/mol. The van der Waals surface area contributed by atoms with Gasteiger partial charge >= 0.3 is 0 Å². The van der Waals surface area contributed by atoms with Crippen molar-refractivity contribution in [3.05, 3.63) is 48.3 Å². The summed E-state index contributed by atoms with van der Waals surface area (Å²) in [4.78, 5) is 16.6. The van der Waals surface area contributed by atoms with Crippen molar-refractivity contribution in [3.63, 3.8) is 0 Å². The average molecular weight is 369 g/mol. The van der Waals surface area contributed by atoms with Gasteiger partial charge in [-0.2, -0.15) is 0 Å². The van der Waals surface area contributed by atoms with Crippen LogP contribution in [-0.4, -0.2) is 42.8 Å². The van der Waals surface area contributed by atoms with Crippen LogP contribution in [-0.2, 0) is 18.3 Å². The second kappa shape index (κ2) is 8.44. The number of rotatable bonds is 8. The second-order valence-corrected chi connectivity index (χ2v) is 5.98. The van der Waals surface area contributed by atoms with E-state index in [1.54, 1.807) is 26.4 Å². The normalized spacial score (nSPS) is 10.6. The van der Waals surface area contributed by atoms with Crippen molar-refractivity contribution in [3.8, 4) is 17.2 Å². The number of methoxy groups -OCH3 is 2. The molecule has 2 aromatic carbocycles. The minimum Gasteiger partial charge on any atom is -0.497 e. The minimum absolute atomic E-state index is 0.0693. The number of hydrogen-bond donors (Lipinski definition) is 1. The maximum Gasteiger partial charge on any atom is 0.257 e. The summed E-state index contributed by atoms with van der Waals surface area (Å²) >= 11 is 0. The van der Waals surface area contributed by atoms with E-state index in [9.17, 15) is 4.79 Å². The highest BCUT2D eigenvalue weighted by molar-refractivity contribution is 5.78. The molecule has 0 fully saturated rings. The Kier molecular flexibility index (Phi) is 5.80. The highest BCUT2D eigenvalue weighted by Gasteiger charge is 2.10. The van der Waals surface area contributed by atoms with E-state index in [0.29, 0.717) is 24.5 Å². The van der Waals surface area contributed by atoms with Crippen molar-refractivity contribution in [2.24, 2.45) is 7.05 Å². The van der Waals surface area contributed by atoms with Crippen LogP contribution >= 0.6 is 0 Å². The van der Waals surface area contributed by atoms with E-state index in [4.69, 9.17) is 14.2 Å². The lowest BCUT2D eigenvalue weighted by molar-refractivity contribution is -0.123. The molecule has 1 N–H and O–H groups in total. The summed E-state index contributed by atoms with van der Waals surface area (Å²) in [5.74, 6) is 2.61. The van der Waals surface area contributed by atoms with Crippen molar-refractivity contribution in [2.45, 2.75) is 6.42 Å². The Morgan fingerprint density at radius 2 is 1.89 bits per heavy atom. The van der Waals surface area contributed by atoms with Gasteiger partial charge in [-0.15, -0.1) is 0 Å². The summed E-state index contributed by atoms with van der Waals surface area (Å²) in [6.07, 6.45) is 0.619. The number of aromatic nitrogens is 2. The first kappa shape index (κ1) is 18.6. The van der Waals surface area contributed by atoms with Crippen molar-refractivity contribution in [2.75, 3.05) is 27.4 Å². The molecule has 1 heterocycles. The number of ether oxygens (including phenoxy) is 3. The smallest absolute Gasteiger partial charge is 0.257 e. The molecule has 1 aromatic heterocycles. The standard InChI is InChI=1S/C20H23N3O4/c1-23-16-9-8-14(25-2)12-15(16)22-19(23)10-11-21-20(24)13-27-18-7-5-4-6-17(18)26-3/h4-9,12H,10-11,13H2,1-3H3,(H,21,24). The highest BCUT2D eigenvalue weighted by atomic mass is 16.5. The molecular formula is C20H23N3O4. The van der Waals surface area contributed by atoms with E-state index < -0.39 is 0 Å². The average Bonchev–Trinajstić information content (AvgIpc) is 3.01. The number of hydrogen-bond acceptors (Lipinski definition) is 5. The van der Waals surface area contributed by atoms with Gasteiger partial charge in [0.25, 0.3) is 5.91 Å². The molecule has 7 heteroatoms. The number of carbonyl (C=O) groups is 1. The van der Waals surface area contributed by atoms with Gasteiger partial charge in [0.15, 0.2) is 18.1 Å². The first-order chi connectivity index (χ1) is 13.1. The number of nitrogens with one attached hydrogen (secondary N) is 1. The number of para-hydroxylation sites is 2. The maximum atomic E-state index is 12.0. The molecule has 0 unspecified atom stereocenters. The molecule has 0 aliphatic carbocycles. The lowest BCUT2D eigenvalue weighted by atomic mass is 10.3. The molecule has 0 saturated heterocycles. The molecule has 0 bridgehead atoms. The van der Waals surface area contributed by atoms with Crippen LogP contribution in [0.15, 0.2) is 42.5 Å². The summed E-state index contributed by atoms with van der Waals surface area (Å²) in [6, 6.07) is 13.0. The predicted molar refractivity (Wildman–Crippen MR) is 102 cm³/mol. The third kappa shape index (κ3) is 4.31. The molecule has 3 aromatic rings. The van der Waals surface area contributed by atoms with Crippen LogP contribution in [0.5, 0.6) is 17.2 Å². The number of carbonyl (C=O) groups excluding carboxylic acids is 1. The summed E-state index contributed by atoms with van der Waals surface area (Å²) in [5.41, 5.74) is 1.90. The lowest BCUT2D eigenvalue weighted by Crippen LogP contribution is -2.31. The molecule has 0 spiro atoms. The Balaban J connectivity index is 1.53. The van der Waals surface area contributed by atoms with Gasteiger partial charge in [0, 0.05) is 26.1 Å². The van der Waals surface area contributed by atoms with Gasteiger partial charge in [0.2, 0.25) is 0 Å². The second-order valence-electron chi connectivity index (χ2n) is 5.98. The molecule has 7 nitrogen and oxygen atoms in total. The zero-order valence-corrected chi connectivity index (χ0v) is 15.7. The number of imidazole rings is 1. The topological polar surface area (TPSA) is 74.6 Å². The largest absolute Gasteiger partial charge is 0.497 e. The Hall–Kier alpha value is -3.22. The van der Waals surface area contributed by atoms with Crippen molar-refractivity contribution in [1.82, 2.24) is 14.9 Å². The molecule has 3 rings (SSSR count). The zero-order chi connectivity index (χ0) is 19.2. The van der Waals surface area contributed by atoms with E-state index in [1.807, 2.05) is 41.9 Å². The Bertz CT molecular complexity index is 936. The van der Waals surface area contributed by atoms with Gasteiger partial charge in [-0.3, -0.25) is 4.79 Å². The Labute approximate surface area is 157 Å². The fraction of sp³-hybridized carbons (Fsp3) is 0.300. The number of amides is 1. The first-order valence-electron chi connectivity index (χ1n) is 8.64. The summed E-state index contributed by atoms with van der Waals surface area (Å²) < 4.78 is 18.0. The van der Waals surface area contributed by atoms with Gasteiger partial charge < -0.3 is 24.1 Å². The van der Waals surface area contributed by atoms with Crippen LogP contribution in [0.4, 0.5) is 0 Å². The number of fused-ring (bicyclic) bond motifs is 1. The molecule has 27 heavy (non-hydrogen) atoms. The van der Waals surface area contributed by atoms with Gasteiger partial charge in [0.1, 0.15) is 11.6 Å². The van der Waals surface area contributed by atoms with Crippen LogP contribution in [0.2, 0.25) is 0 Å². The fourth-order valence-corrected chi connectivity index (χ4v) is 2.83. The van der Waals surface area contributed by atoms with Gasteiger partial charge in [-0.25, -0.2) is 4.98 Å². The summed E-state index contributed by atoms with van der Waals surface area (Å²) in [7, 11) is 5.16. The third-order valence-electron chi connectivity index (χ3n) is 4.28.